The van der Waals surface area contributed by atoms with Crippen molar-refractivity contribution < 1.29 is 19.4 Å². The SMILES string of the molecule is CN1N=C(CCCCc2ccc(NC(=O)Cc3ccccc3)nn2)SC1NC(=O)Cc1cccc(OCCO)c1. The van der Waals surface area contributed by atoms with E-state index in [1.807, 2.05) is 61.6 Å². The molecule has 0 spiro atoms. The zero-order valence-corrected chi connectivity index (χ0v) is 23.3. The van der Waals surface area contributed by atoms with E-state index in [0.29, 0.717) is 18.0 Å². The Bertz CT molecular complexity index is 1290. The van der Waals surface area contributed by atoms with E-state index in [2.05, 4.69) is 25.9 Å². The molecule has 3 aromatic rings. The molecule has 0 saturated heterocycles. The van der Waals surface area contributed by atoms with Crippen LogP contribution in [-0.4, -0.2) is 62.9 Å². The summed E-state index contributed by atoms with van der Waals surface area (Å²) >= 11 is 1.55. The number of unbranched alkanes of at least 4 members (excludes halogenated alkanes) is 1. The molecule has 2 heterocycles. The van der Waals surface area contributed by atoms with Crippen molar-refractivity contribution in [2.75, 3.05) is 25.6 Å². The molecule has 2 aromatic carbocycles. The summed E-state index contributed by atoms with van der Waals surface area (Å²) in [5.41, 5.74) is 2.41. The second-order valence-corrected chi connectivity index (χ2v) is 10.5. The Hall–Kier alpha value is -3.96. The van der Waals surface area contributed by atoms with Crippen molar-refractivity contribution in [2.45, 2.75) is 44.0 Å². The van der Waals surface area contributed by atoms with Crippen molar-refractivity contribution in [3.63, 3.8) is 0 Å². The van der Waals surface area contributed by atoms with Gasteiger partial charge in [0.2, 0.25) is 11.8 Å². The maximum Gasteiger partial charge on any atom is 0.229 e. The Balaban J connectivity index is 1.13. The third-order valence-corrected chi connectivity index (χ3v) is 7.24. The molecule has 1 unspecified atom stereocenters. The minimum absolute atomic E-state index is 0.0592. The number of anilines is 1. The first kappa shape index (κ1) is 29.0. The highest BCUT2D eigenvalue weighted by molar-refractivity contribution is 8.14. The van der Waals surface area contributed by atoms with Crippen LogP contribution in [0.15, 0.2) is 71.8 Å². The average Bonchev–Trinajstić information content (AvgIpc) is 3.29. The third kappa shape index (κ3) is 9.35. The van der Waals surface area contributed by atoms with Crippen molar-refractivity contribution in [1.29, 1.82) is 0 Å². The lowest BCUT2D eigenvalue weighted by Crippen LogP contribution is -2.40. The summed E-state index contributed by atoms with van der Waals surface area (Å²) in [4.78, 5) is 24.8. The zero-order chi connectivity index (χ0) is 28.2. The van der Waals surface area contributed by atoms with Crippen LogP contribution in [0.25, 0.3) is 0 Å². The number of thioether (sulfide) groups is 1. The Morgan fingerprint density at radius 2 is 1.73 bits per heavy atom. The van der Waals surface area contributed by atoms with Gasteiger partial charge in [0.1, 0.15) is 12.4 Å². The third-order valence-electron chi connectivity index (χ3n) is 6.03. The summed E-state index contributed by atoms with van der Waals surface area (Å²) in [6.07, 6.45) is 3.96. The van der Waals surface area contributed by atoms with Crippen molar-refractivity contribution in [3.8, 4) is 5.75 Å². The van der Waals surface area contributed by atoms with E-state index >= 15 is 0 Å². The summed E-state index contributed by atoms with van der Waals surface area (Å²) in [5.74, 6) is 0.851. The predicted octanol–water partition coefficient (Wildman–Crippen LogP) is 3.38. The van der Waals surface area contributed by atoms with Crippen LogP contribution in [0.3, 0.4) is 0 Å². The van der Waals surface area contributed by atoms with Crippen LogP contribution >= 0.6 is 11.8 Å². The lowest BCUT2D eigenvalue weighted by Gasteiger charge is -2.19. The Morgan fingerprint density at radius 3 is 2.50 bits per heavy atom. The molecule has 10 nitrogen and oxygen atoms in total. The van der Waals surface area contributed by atoms with E-state index in [1.165, 1.54) is 0 Å². The average molecular weight is 563 g/mol. The smallest absolute Gasteiger partial charge is 0.229 e. The highest BCUT2D eigenvalue weighted by atomic mass is 32.2. The van der Waals surface area contributed by atoms with E-state index in [1.54, 1.807) is 28.9 Å². The van der Waals surface area contributed by atoms with Gasteiger partial charge in [-0.2, -0.15) is 10.2 Å². The fraction of sp³-hybridized carbons (Fsp3) is 0.345. The molecular formula is C29H34N6O4S. The Kier molecular flexibility index (Phi) is 10.9. The zero-order valence-electron chi connectivity index (χ0n) is 22.5. The minimum atomic E-state index is -0.244. The standard InChI is InChI=1S/C29H34N6O4S/c1-35-29(31-27(38)20-22-10-7-12-24(18-22)39-17-16-36)40-28(34-35)13-6-5-11-23-14-15-25(33-32-23)30-26(37)19-21-8-3-2-4-9-21/h2-4,7-10,12,14-15,18,29,36H,5-6,11,13,16-17,19-20H2,1H3,(H,31,38)(H,30,33,37). The highest BCUT2D eigenvalue weighted by Gasteiger charge is 2.25. The molecule has 0 bridgehead atoms. The van der Waals surface area contributed by atoms with E-state index in [0.717, 1.165) is 47.5 Å². The monoisotopic (exact) mass is 562 g/mol. The number of aliphatic hydroxyl groups is 1. The van der Waals surface area contributed by atoms with Gasteiger partial charge in [-0.3, -0.25) is 14.6 Å². The number of hydrazone groups is 1. The number of amides is 2. The molecule has 40 heavy (non-hydrogen) atoms. The van der Waals surface area contributed by atoms with Gasteiger partial charge in [-0.15, -0.1) is 5.10 Å². The van der Waals surface area contributed by atoms with E-state index in [9.17, 15) is 9.59 Å². The van der Waals surface area contributed by atoms with Crippen LogP contribution in [-0.2, 0) is 28.9 Å². The highest BCUT2D eigenvalue weighted by Crippen LogP contribution is 2.26. The largest absolute Gasteiger partial charge is 0.491 e. The molecule has 1 atom stereocenters. The number of nitrogens with one attached hydrogen (secondary N) is 2. The van der Waals surface area contributed by atoms with Gasteiger partial charge in [-0.25, -0.2) is 0 Å². The van der Waals surface area contributed by atoms with Crippen LogP contribution in [0.5, 0.6) is 5.75 Å². The fourth-order valence-electron chi connectivity index (χ4n) is 4.08. The minimum Gasteiger partial charge on any atom is -0.491 e. The molecular weight excluding hydrogens is 528 g/mol. The number of aryl methyl sites for hydroxylation is 1. The molecule has 3 N–H and O–H groups in total. The van der Waals surface area contributed by atoms with Crippen molar-refractivity contribution in [1.82, 2.24) is 20.5 Å². The fourth-order valence-corrected chi connectivity index (χ4v) is 5.17. The maximum atomic E-state index is 12.6. The number of carbonyl (C=O) groups excluding carboxylic acids is 2. The van der Waals surface area contributed by atoms with Crippen molar-refractivity contribution in [3.05, 3.63) is 83.6 Å². The first-order valence-electron chi connectivity index (χ1n) is 13.2. The first-order valence-corrected chi connectivity index (χ1v) is 14.1. The molecule has 1 aliphatic heterocycles. The molecule has 4 rings (SSSR count). The molecule has 0 saturated carbocycles. The first-order chi connectivity index (χ1) is 19.5. The second kappa shape index (κ2) is 15.0. The summed E-state index contributed by atoms with van der Waals surface area (Å²) < 4.78 is 5.42. The van der Waals surface area contributed by atoms with E-state index in [4.69, 9.17) is 9.84 Å². The number of aliphatic hydroxyl groups excluding tert-OH is 1. The van der Waals surface area contributed by atoms with E-state index in [-0.39, 0.29) is 36.9 Å². The quantitative estimate of drug-likeness (QED) is 0.255. The van der Waals surface area contributed by atoms with Gasteiger partial charge in [0, 0.05) is 7.05 Å². The Labute approximate surface area is 238 Å². The molecule has 1 aliphatic rings. The number of aromatic nitrogens is 2. The lowest BCUT2D eigenvalue weighted by molar-refractivity contribution is -0.121. The number of benzene rings is 2. The molecule has 2 amide bonds. The summed E-state index contributed by atoms with van der Waals surface area (Å²) in [7, 11) is 1.85. The summed E-state index contributed by atoms with van der Waals surface area (Å²) in [6.45, 7) is 0.157. The molecule has 0 aliphatic carbocycles. The maximum absolute atomic E-state index is 12.6. The summed E-state index contributed by atoms with van der Waals surface area (Å²) in [5, 5.41) is 30.4. The molecule has 0 radical (unpaired) electrons. The van der Waals surface area contributed by atoms with Gasteiger partial charge in [0.15, 0.2) is 11.3 Å². The molecule has 1 aromatic heterocycles. The van der Waals surface area contributed by atoms with Crippen LogP contribution in [0, 0.1) is 0 Å². The molecule has 210 valence electrons. The van der Waals surface area contributed by atoms with Gasteiger partial charge >= 0.3 is 0 Å². The van der Waals surface area contributed by atoms with Gasteiger partial charge in [-0.05, 0) is 61.1 Å². The van der Waals surface area contributed by atoms with Gasteiger partial charge in [0.05, 0.1) is 30.2 Å². The van der Waals surface area contributed by atoms with Crippen molar-refractivity contribution in [2.24, 2.45) is 5.10 Å². The number of nitrogens with zero attached hydrogens (tertiary/aromatic N) is 4. The molecule has 11 heteroatoms. The van der Waals surface area contributed by atoms with Crippen LogP contribution in [0.1, 0.15) is 36.1 Å². The summed E-state index contributed by atoms with van der Waals surface area (Å²) in [6, 6.07) is 20.5. The number of carbonyl (C=O) groups is 2. The van der Waals surface area contributed by atoms with Gasteiger partial charge < -0.3 is 20.5 Å². The Morgan fingerprint density at radius 1 is 0.950 bits per heavy atom. The van der Waals surface area contributed by atoms with Gasteiger partial charge in [0.25, 0.3) is 0 Å². The van der Waals surface area contributed by atoms with Gasteiger partial charge in [-0.1, -0.05) is 54.2 Å². The normalized spacial score (nSPS) is 14.5. The van der Waals surface area contributed by atoms with Crippen LogP contribution in [0.4, 0.5) is 5.82 Å². The van der Waals surface area contributed by atoms with Crippen molar-refractivity contribution >= 4 is 34.4 Å². The lowest BCUT2D eigenvalue weighted by atomic mass is 10.1. The number of hydrogen-bond acceptors (Lipinski definition) is 9. The number of rotatable bonds is 14. The van der Waals surface area contributed by atoms with Crippen LogP contribution < -0.4 is 15.4 Å². The number of ether oxygens (including phenoxy) is 1. The molecule has 0 fully saturated rings. The number of hydrogen-bond donors (Lipinski definition) is 3. The topological polar surface area (TPSA) is 129 Å². The van der Waals surface area contributed by atoms with E-state index < -0.39 is 0 Å². The second-order valence-electron chi connectivity index (χ2n) is 9.33. The van der Waals surface area contributed by atoms with Crippen LogP contribution in [0.2, 0.25) is 0 Å². The predicted molar refractivity (Wildman–Crippen MR) is 156 cm³/mol.